The van der Waals surface area contributed by atoms with Gasteiger partial charge in [0.25, 0.3) is 0 Å². The summed E-state index contributed by atoms with van der Waals surface area (Å²) in [5, 5.41) is 0.473. The second-order valence-electron chi connectivity index (χ2n) is 3.89. The highest BCUT2D eigenvalue weighted by molar-refractivity contribution is 9.10. The van der Waals surface area contributed by atoms with Gasteiger partial charge in [0.05, 0.1) is 0 Å². The average Bonchev–Trinajstić information content (AvgIpc) is 2.40. The average molecular weight is 392 g/mol. The molecule has 0 heterocycles. The fourth-order valence-electron chi connectivity index (χ4n) is 1.62. The zero-order chi connectivity index (χ0) is 13.8. The van der Waals surface area contributed by atoms with E-state index in [1.807, 2.05) is 0 Å². The summed E-state index contributed by atoms with van der Waals surface area (Å²) in [7, 11) is 0. The molecule has 19 heavy (non-hydrogen) atoms. The van der Waals surface area contributed by atoms with Crippen LogP contribution in [0.25, 0.3) is 0 Å². The number of halogens is 4. The molecule has 0 radical (unpaired) electrons. The van der Waals surface area contributed by atoms with E-state index >= 15 is 0 Å². The number of para-hydroxylation sites is 1. The lowest BCUT2D eigenvalue weighted by Gasteiger charge is -2.11. The Balaban J connectivity index is 2.21. The van der Waals surface area contributed by atoms with Crippen LogP contribution in [0.15, 0.2) is 40.9 Å². The molecule has 2 rings (SSSR count). The molecular weight excluding hydrogens is 382 g/mol. The van der Waals surface area contributed by atoms with Gasteiger partial charge in [-0.15, -0.1) is 0 Å². The number of ether oxygens (including phenoxy) is 1. The highest BCUT2D eigenvalue weighted by Crippen LogP contribution is 2.26. The van der Waals surface area contributed by atoms with E-state index in [1.165, 1.54) is 12.1 Å². The molecule has 0 saturated heterocycles. The first-order valence-corrected chi connectivity index (χ1v) is 7.43. The highest BCUT2D eigenvalue weighted by atomic mass is 79.9. The molecule has 2 aromatic carbocycles. The van der Waals surface area contributed by atoms with Crippen LogP contribution in [0.2, 0.25) is 0 Å². The van der Waals surface area contributed by atoms with Gasteiger partial charge in [-0.05, 0) is 24.3 Å². The van der Waals surface area contributed by atoms with Crippen molar-refractivity contribution in [3.8, 4) is 5.75 Å². The maximum atomic E-state index is 13.7. The number of rotatable bonds is 4. The van der Waals surface area contributed by atoms with Gasteiger partial charge in [-0.3, -0.25) is 0 Å². The summed E-state index contributed by atoms with van der Waals surface area (Å²) >= 11 is 6.53. The highest BCUT2D eigenvalue weighted by Gasteiger charge is 2.11. The van der Waals surface area contributed by atoms with Crippen LogP contribution in [0, 0.1) is 11.6 Å². The summed E-state index contributed by atoms with van der Waals surface area (Å²) in [6.07, 6.45) is 0. The first kappa shape index (κ1) is 14.5. The first-order valence-electron chi connectivity index (χ1n) is 5.52. The second kappa shape index (κ2) is 6.48. The van der Waals surface area contributed by atoms with Crippen LogP contribution in [-0.2, 0) is 11.9 Å². The molecule has 0 atom stereocenters. The van der Waals surface area contributed by atoms with E-state index in [2.05, 4.69) is 31.9 Å². The van der Waals surface area contributed by atoms with E-state index in [1.54, 1.807) is 24.3 Å². The largest absolute Gasteiger partial charge is 0.485 e. The van der Waals surface area contributed by atoms with Gasteiger partial charge in [0.2, 0.25) is 0 Å². The topological polar surface area (TPSA) is 9.23 Å². The van der Waals surface area contributed by atoms with Gasteiger partial charge < -0.3 is 4.74 Å². The van der Waals surface area contributed by atoms with Gasteiger partial charge in [-0.25, -0.2) is 8.78 Å². The lowest BCUT2D eigenvalue weighted by Crippen LogP contribution is -2.02. The Kier molecular flexibility index (Phi) is 4.93. The van der Waals surface area contributed by atoms with Crippen molar-refractivity contribution in [1.29, 1.82) is 0 Å². The third-order valence-corrected chi connectivity index (χ3v) is 3.67. The molecule has 0 N–H and O–H groups in total. The first-order chi connectivity index (χ1) is 9.11. The van der Waals surface area contributed by atoms with Crippen molar-refractivity contribution in [2.45, 2.75) is 11.9 Å². The summed E-state index contributed by atoms with van der Waals surface area (Å²) in [6, 6.07) is 9.24. The SMILES string of the molecule is Fc1ccc(Br)cc1COc1c(F)cccc1CBr. The summed E-state index contributed by atoms with van der Waals surface area (Å²) in [4.78, 5) is 0. The van der Waals surface area contributed by atoms with Crippen LogP contribution in [0.5, 0.6) is 5.75 Å². The molecule has 100 valence electrons. The lowest BCUT2D eigenvalue weighted by molar-refractivity contribution is 0.282. The quantitative estimate of drug-likeness (QED) is 0.650. The fourth-order valence-corrected chi connectivity index (χ4v) is 2.47. The van der Waals surface area contributed by atoms with Crippen molar-refractivity contribution in [1.82, 2.24) is 0 Å². The minimum atomic E-state index is -0.452. The second-order valence-corrected chi connectivity index (χ2v) is 5.36. The molecule has 0 aliphatic carbocycles. The van der Waals surface area contributed by atoms with Crippen molar-refractivity contribution >= 4 is 31.9 Å². The minimum absolute atomic E-state index is 0.0216. The molecule has 0 fully saturated rings. The van der Waals surface area contributed by atoms with E-state index in [9.17, 15) is 8.78 Å². The predicted molar refractivity (Wildman–Crippen MR) is 77.5 cm³/mol. The smallest absolute Gasteiger partial charge is 0.165 e. The van der Waals surface area contributed by atoms with Crippen molar-refractivity contribution in [3.63, 3.8) is 0 Å². The van der Waals surface area contributed by atoms with Gasteiger partial charge >= 0.3 is 0 Å². The van der Waals surface area contributed by atoms with Crippen molar-refractivity contribution in [2.75, 3.05) is 0 Å². The Bertz CT molecular complexity index is 588. The van der Waals surface area contributed by atoms with E-state index in [-0.39, 0.29) is 18.2 Å². The third kappa shape index (κ3) is 3.54. The van der Waals surface area contributed by atoms with Gasteiger partial charge in [0, 0.05) is 20.9 Å². The molecule has 0 saturated carbocycles. The summed E-state index contributed by atoms with van der Waals surface area (Å²) < 4.78 is 33.4. The standard InChI is InChI=1S/C14H10Br2F2O/c15-7-9-2-1-3-13(18)14(9)19-8-10-6-11(16)4-5-12(10)17/h1-6H,7-8H2. The van der Waals surface area contributed by atoms with Crippen LogP contribution in [0.1, 0.15) is 11.1 Å². The van der Waals surface area contributed by atoms with Gasteiger partial charge in [-0.2, -0.15) is 0 Å². The molecular formula is C14H10Br2F2O. The van der Waals surface area contributed by atoms with Crippen molar-refractivity contribution < 1.29 is 13.5 Å². The van der Waals surface area contributed by atoms with Crippen LogP contribution in [0.3, 0.4) is 0 Å². The monoisotopic (exact) mass is 390 g/mol. The molecule has 0 aliphatic rings. The Morgan fingerprint density at radius 2 is 1.79 bits per heavy atom. The minimum Gasteiger partial charge on any atom is -0.485 e. The van der Waals surface area contributed by atoms with E-state index < -0.39 is 5.82 Å². The normalized spacial score (nSPS) is 10.5. The van der Waals surface area contributed by atoms with Crippen LogP contribution in [0.4, 0.5) is 8.78 Å². The molecule has 0 amide bonds. The zero-order valence-electron chi connectivity index (χ0n) is 9.80. The van der Waals surface area contributed by atoms with E-state index in [4.69, 9.17) is 4.74 Å². The lowest BCUT2D eigenvalue weighted by atomic mass is 10.2. The molecule has 5 heteroatoms. The van der Waals surface area contributed by atoms with Crippen LogP contribution < -0.4 is 4.74 Å². The van der Waals surface area contributed by atoms with Gasteiger partial charge in [0.1, 0.15) is 12.4 Å². The predicted octanol–water partition coefficient (Wildman–Crippen LogP) is 5.20. The molecule has 0 bridgehead atoms. The molecule has 0 aromatic heterocycles. The Morgan fingerprint density at radius 1 is 1.00 bits per heavy atom. The Labute approximate surface area is 126 Å². The maximum Gasteiger partial charge on any atom is 0.165 e. The summed E-state index contributed by atoms with van der Waals surface area (Å²) in [5.74, 6) is -0.675. The summed E-state index contributed by atoms with van der Waals surface area (Å²) in [5.41, 5.74) is 1.06. The molecule has 2 aromatic rings. The van der Waals surface area contributed by atoms with Gasteiger partial charge in [0.15, 0.2) is 11.6 Å². The Morgan fingerprint density at radius 3 is 2.53 bits per heavy atom. The molecule has 0 aliphatic heterocycles. The molecule has 0 spiro atoms. The van der Waals surface area contributed by atoms with Gasteiger partial charge in [-0.1, -0.05) is 44.0 Å². The maximum absolute atomic E-state index is 13.7. The number of hydrogen-bond acceptors (Lipinski definition) is 1. The van der Waals surface area contributed by atoms with E-state index in [0.29, 0.717) is 16.5 Å². The Hall–Kier alpha value is -0.940. The number of hydrogen-bond donors (Lipinski definition) is 0. The van der Waals surface area contributed by atoms with Crippen molar-refractivity contribution in [2.24, 2.45) is 0 Å². The molecule has 1 nitrogen and oxygen atoms in total. The van der Waals surface area contributed by atoms with Crippen LogP contribution in [-0.4, -0.2) is 0 Å². The number of benzene rings is 2. The zero-order valence-corrected chi connectivity index (χ0v) is 13.0. The third-order valence-electron chi connectivity index (χ3n) is 2.57. The summed E-state index contributed by atoms with van der Waals surface area (Å²) in [6.45, 7) is -0.0216. The fraction of sp³-hybridized carbons (Fsp3) is 0.143. The van der Waals surface area contributed by atoms with E-state index in [0.717, 1.165) is 4.47 Å². The van der Waals surface area contributed by atoms with Crippen molar-refractivity contribution in [3.05, 3.63) is 63.6 Å². The van der Waals surface area contributed by atoms with Crippen LogP contribution >= 0.6 is 31.9 Å². The molecule has 0 unspecified atom stereocenters. The number of alkyl halides is 1.